The van der Waals surface area contributed by atoms with Gasteiger partial charge in [0, 0.05) is 24.6 Å². The smallest absolute Gasteiger partial charge is 0.119 e. The van der Waals surface area contributed by atoms with Gasteiger partial charge in [0.05, 0.1) is 12.3 Å². The van der Waals surface area contributed by atoms with Crippen LogP contribution >= 0.6 is 11.3 Å². The number of thiazole rings is 1. The van der Waals surface area contributed by atoms with Crippen molar-refractivity contribution in [2.24, 2.45) is 0 Å². The van der Waals surface area contributed by atoms with Crippen molar-refractivity contribution in [2.45, 2.75) is 45.4 Å². The SMILES string of the molecule is CCc1nc(COC)sc1CNC1CC1. The summed E-state index contributed by atoms with van der Waals surface area (Å²) < 4.78 is 5.11. The molecule has 1 aromatic rings. The maximum absolute atomic E-state index is 5.11. The van der Waals surface area contributed by atoms with Gasteiger partial charge in [0.2, 0.25) is 0 Å². The predicted octanol–water partition coefficient (Wildman–Crippen LogP) is 2.10. The number of nitrogens with zero attached hydrogens (tertiary/aromatic N) is 1. The minimum Gasteiger partial charge on any atom is -0.378 e. The largest absolute Gasteiger partial charge is 0.378 e. The molecular formula is C11H18N2OS. The number of hydrogen-bond donors (Lipinski definition) is 1. The van der Waals surface area contributed by atoms with Crippen molar-refractivity contribution in [1.82, 2.24) is 10.3 Å². The number of hydrogen-bond acceptors (Lipinski definition) is 4. The predicted molar refractivity (Wildman–Crippen MR) is 62.1 cm³/mol. The molecule has 0 amide bonds. The first-order chi connectivity index (χ1) is 7.33. The van der Waals surface area contributed by atoms with Crippen LogP contribution in [-0.4, -0.2) is 18.1 Å². The van der Waals surface area contributed by atoms with Crippen molar-refractivity contribution in [3.05, 3.63) is 15.6 Å². The Labute approximate surface area is 94.9 Å². The molecule has 84 valence electrons. The minimum absolute atomic E-state index is 0.640. The summed E-state index contributed by atoms with van der Waals surface area (Å²) in [5, 5.41) is 4.63. The van der Waals surface area contributed by atoms with E-state index in [-0.39, 0.29) is 0 Å². The third-order valence-corrected chi connectivity index (χ3v) is 3.63. The molecule has 1 aliphatic rings. The maximum atomic E-state index is 5.11. The highest BCUT2D eigenvalue weighted by Crippen LogP contribution is 2.23. The number of aryl methyl sites for hydroxylation is 1. The zero-order chi connectivity index (χ0) is 10.7. The summed E-state index contributed by atoms with van der Waals surface area (Å²) in [5.41, 5.74) is 1.24. The Morgan fingerprint density at radius 1 is 1.53 bits per heavy atom. The lowest BCUT2D eigenvalue weighted by Gasteiger charge is -2.00. The normalized spacial score (nSPS) is 15.9. The fourth-order valence-electron chi connectivity index (χ4n) is 1.56. The maximum Gasteiger partial charge on any atom is 0.119 e. The highest BCUT2D eigenvalue weighted by molar-refractivity contribution is 7.11. The van der Waals surface area contributed by atoms with Crippen molar-refractivity contribution < 1.29 is 4.74 Å². The molecule has 0 atom stereocenters. The lowest BCUT2D eigenvalue weighted by Crippen LogP contribution is -2.15. The molecular weight excluding hydrogens is 208 g/mol. The number of rotatable bonds is 6. The first kappa shape index (κ1) is 11.0. The number of methoxy groups -OCH3 is 1. The molecule has 2 rings (SSSR count). The molecule has 0 bridgehead atoms. The van der Waals surface area contributed by atoms with E-state index in [1.165, 1.54) is 23.4 Å². The second-order valence-electron chi connectivity index (χ2n) is 3.92. The topological polar surface area (TPSA) is 34.1 Å². The quantitative estimate of drug-likeness (QED) is 0.806. The first-order valence-corrected chi connectivity index (χ1v) is 6.35. The Morgan fingerprint density at radius 2 is 2.33 bits per heavy atom. The van der Waals surface area contributed by atoms with Crippen molar-refractivity contribution in [2.75, 3.05) is 7.11 Å². The van der Waals surface area contributed by atoms with Crippen LogP contribution in [0.1, 0.15) is 35.3 Å². The monoisotopic (exact) mass is 226 g/mol. The van der Waals surface area contributed by atoms with Gasteiger partial charge in [-0.15, -0.1) is 11.3 Å². The van der Waals surface area contributed by atoms with Gasteiger partial charge in [-0.1, -0.05) is 6.92 Å². The van der Waals surface area contributed by atoms with E-state index in [1.54, 1.807) is 18.4 Å². The van der Waals surface area contributed by atoms with Crippen LogP contribution in [0.15, 0.2) is 0 Å². The minimum atomic E-state index is 0.640. The van der Waals surface area contributed by atoms with Gasteiger partial charge >= 0.3 is 0 Å². The fourth-order valence-corrected chi connectivity index (χ4v) is 2.64. The van der Waals surface area contributed by atoms with Crippen LogP contribution < -0.4 is 5.32 Å². The van der Waals surface area contributed by atoms with E-state index in [1.807, 2.05) is 0 Å². The Bertz CT molecular complexity index is 320. The molecule has 0 unspecified atom stereocenters. The van der Waals surface area contributed by atoms with Crippen molar-refractivity contribution >= 4 is 11.3 Å². The lowest BCUT2D eigenvalue weighted by molar-refractivity contribution is 0.184. The number of nitrogens with one attached hydrogen (secondary N) is 1. The van der Waals surface area contributed by atoms with Gasteiger partial charge in [-0.2, -0.15) is 0 Å². The summed E-state index contributed by atoms with van der Waals surface area (Å²) in [6.07, 6.45) is 3.69. The fraction of sp³-hybridized carbons (Fsp3) is 0.727. The van der Waals surface area contributed by atoms with Crippen LogP contribution in [0.5, 0.6) is 0 Å². The second-order valence-corrected chi connectivity index (χ2v) is 5.09. The Morgan fingerprint density at radius 3 is 2.93 bits per heavy atom. The number of aromatic nitrogens is 1. The summed E-state index contributed by atoms with van der Waals surface area (Å²) >= 11 is 1.78. The van der Waals surface area contributed by atoms with E-state index in [4.69, 9.17) is 4.74 Å². The molecule has 0 spiro atoms. The van der Waals surface area contributed by atoms with E-state index < -0.39 is 0 Å². The van der Waals surface area contributed by atoms with E-state index in [2.05, 4.69) is 17.2 Å². The molecule has 1 fully saturated rings. The van der Waals surface area contributed by atoms with Crippen molar-refractivity contribution in [3.63, 3.8) is 0 Å². The van der Waals surface area contributed by atoms with Gasteiger partial charge in [0.1, 0.15) is 5.01 Å². The molecule has 1 aromatic heterocycles. The van der Waals surface area contributed by atoms with Crippen molar-refractivity contribution in [3.8, 4) is 0 Å². The average Bonchev–Trinajstić information content (AvgIpc) is 2.98. The molecule has 3 nitrogen and oxygen atoms in total. The van der Waals surface area contributed by atoms with Gasteiger partial charge in [-0.25, -0.2) is 4.98 Å². The van der Waals surface area contributed by atoms with E-state index in [0.717, 1.165) is 24.0 Å². The molecule has 1 aliphatic carbocycles. The van der Waals surface area contributed by atoms with Gasteiger partial charge in [0.25, 0.3) is 0 Å². The summed E-state index contributed by atoms with van der Waals surface area (Å²) in [5.74, 6) is 0. The van der Waals surface area contributed by atoms with Gasteiger partial charge < -0.3 is 10.1 Å². The van der Waals surface area contributed by atoms with Crippen LogP contribution in [0.2, 0.25) is 0 Å². The first-order valence-electron chi connectivity index (χ1n) is 5.53. The molecule has 4 heteroatoms. The third-order valence-electron chi connectivity index (χ3n) is 2.55. The van der Waals surface area contributed by atoms with E-state index in [9.17, 15) is 0 Å². The van der Waals surface area contributed by atoms with Crippen LogP contribution in [0.4, 0.5) is 0 Å². The molecule has 0 radical (unpaired) electrons. The Balaban J connectivity index is 1.98. The van der Waals surface area contributed by atoms with E-state index in [0.29, 0.717) is 6.61 Å². The summed E-state index contributed by atoms with van der Waals surface area (Å²) in [6.45, 7) is 3.78. The highest BCUT2D eigenvalue weighted by atomic mass is 32.1. The van der Waals surface area contributed by atoms with Gasteiger partial charge in [0.15, 0.2) is 0 Å². The molecule has 0 aromatic carbocycles. The van der Waals surface area contributed by atoms with Gasteiger partial charge in [-0.3, -0.25) is 0 Å². The summed E-state index contributed by atoms with van der Waals surface area (Å²) in [6, 6.07) is 0.766. The molecule has 0 saturated heterocycles. The molecule has 1 N–H and O–H groups in total. The molecule has 15 heavy (non-hydrogen) atoms. The highest BCUT2D eigenvalue weighted by Gasteiger charge is 2.21. The Kier molecular flexibility index (Phi) is 3.72. The zero-order valence-corrected chi connectivity index (χ0v) is 10.2. The second kappa shape index (κ2) is 5.05. The Hall–Kier alpha value is -0.450. The molecule has 1 saturated carbocycles. The van der Waals surface area contributed by atoms with Crippen LogP contribution in [-0.2, 0) is 24.3 Å². The summed E-state index contributed by atoms with van der Waals surface area (Å²) in [4.78, 5) is 5.96. The third kappa shape index (κ3) is 3.00. The standard InChI is InChI=1S/C11H18N2OS/c1-3-9-10(6-12-8-4-5-8)15-11(13-9)7-14-2/h8,12H,3-7H2,1-2H3. The lowest BCUT2D eigenvalue weighted by atomic mass is 10.3. The van der Waals surface area contributed by atoms with Crippen LogP contribution in [0.25, 0.3) is 0 Å². The van der Waals surface area contributed by atoms with Crippen LogP contribution in [0.3, 0.4) is 0 Å². The zero-order valence-electron chi connectivity index (χ0n) is 9.38. The van der Waals surface area contributed by atoms with Crippen LogP contribution in [0, 0.1) is 0 Å². The summed E-state index contributed by atoms with van der Waals surface area (Å²) in [7, 11) is 1.72. The van der Waals surface area contributed by atoms with Crippen molar-refractivity contribution in [1.29, 1.82) is 0 Å². The number of ether oxygens (including phenoxy) is 1. The molecule has 0 aliphatic heterocycles. The average molecular weight is 226 g/mol. The van der Waals surface area contributed by atoms with Gasteiger partial charge in [-0.05, 0) is 19.3 Å². The van der Waals surface area contributed by atoms with E-state index >= 15 is 0 Å². The molecule has 1 heterocycles.